The second kappa shape index (κ2) is 5.05. The van der Waals surface area contributed by atoms with Crippen LogP contribution in [-0.2, 0) is 0 Å². The summed E-state index contributed by atoms with van der Waals surface area (Å²) in [4.78, 5) is 8.44. The van der Waals surface area contributed by atoms with Gasteiger partial charge in [0.1, 0.15) is 5.82 Å². The zero-order chi connectivity index (χ0) is 10.6. The van der Waals surface area contributed by atoms with Crippen molar-refractivity contribution >= 4 is 0 Å². The first-order valence-corrected chi connectivity index (χ1v) is 5.13. The number of rotatable bonds is 4. The molecule has 1 aromatic heterocycles. The van der Waals surface area contributed by atoms with E-state index in [2.05, 4.69) is 23.8 Å². The molecule has 1 atom stereocenters. The van der Waals surface area contributed by atoms with Crippen molar-refractivity contribution in [1.82, 2.24) is 9.97 Å². The van der Waals surface area contributed by atoms with Crippen molar-refractivity contribution in [2.45, 2.75) is 39.7 Å². The summed E-state index contributed by atoms with van der Waals surface area (Å²) in [5.41, 5.74) is 7.04. The normalized spacial score (nSPS) is 13.2. The fourth-order valence-electron chi connectivity index (χ4n) is 1.24. The molecule has 0 fully saturated rings. The van der Waals surface area contributed by atoms with Crippen LogP contribution in [0, 0.1) is 12.8 Å². The monoisotopic (exact) mass is 193 g/mol. The van der Waals surface area contributed by atoms with Gasteiger partial charge in [0.2, 0.25) is 0 Å². The smallest absolute Gasteiger partial charge is 0.144 e. The van der Waals surface area contributed by atoms with E-state index in [-0.39, 0.29) is 6.04 Å². The van der Waals surface area contributed by atoms with Gasteiger partial charge >= 0.3 is 0 Å². The topological polar surface area (TPSA) is 51.8 Å². The minimum Gasteiger partial charge on any atom is -0.321 e. The van der Waals surface area contributed by atoms with E-state index in [1.54, 1.807) is 0 Å². The van der Waals surface area contributed by atoms with Gasteiger partial charge in [-0.25, -0.2) is 9.97 Å². The Kier molecular flexibility index (Phi) is 4.01. The lowest BCUT2D eigenvalue weighted by Crippen LogP contribution is -2.14. The van der Waals surface area contributed by atoms with Crippen LogP contribution in [0.5, 0.6) is 0 Å². The van der Waals surface area contributed by atoms with Crippen molar-refractivity contribution in [3.63, 3.8) is 0 Å². The van der Waals surface area contributed by atoms with Gasteiger partial charge in [-0.3, -0.25) is 0 Å². The highest BCUT2D eigenvalue weighted by atomic mass is 14.9. The van der Waals surface area contributed by atoms with Crippen LogP contribution in [0.15, 0.2) is 12.4 Å². The van der Waals surface area contributed by atoms with Crippen LogP contribution < -0.4 is 5.73 Å². The molecule has 0 saturated heterocycles. The highest BCUT2D eigenvalue weighted by Crippen LogP contribution is 2.14. The van der Waals surface area contributed by atoms with Crippen LogP contribution in [0.25, 0.3) is 0 Å². The molecule has 0 aromatic carbocycles. The van der Waals surface area contributed by atoms with Crippen LogP contribution in [0.1, 0.15) is 44.1 Å². The minimum absolute atomic E-state index is 0.0157. The Labute approximate surface area is 85.8 Å². The van der Waals surface area contributed by atoms with E-state index in [9.17, 15) is 0 Å². The van der Waals surface area contributed by atoms with E-state index in [4.69, 9.17) is 5.73 Å². The van der Waals surface area contributed by atoms with Crippen molar-refractivity contribution in [1.29, 1.82) is 0 Å². The van der Waals surface area contributed by atoms with Crippen molar-refractivity contribution in [2.75, 3.05) is 0 Å². The molecule has 0 spiro atoms. The van der Waals surface area contributed by atoms with E-state index in [1.165, 1.54) is 0 Å². The van der Waals surface area contributed by atoms with Gasteiger partial charge in [0.25, 0.3) is 0 Å². The molecule has 1 rings (SSSR count). The molecule has 0 bridgehead atoms. The lowest BCUT2D eigenvalue weighted by molar-refractivity contribution is 0.494. The van der Waals surface area contributed by atoms with E-state index in [0.717, 1.165) is 24.2 Å². The van der Waals surface area contributed by atoms with Gasteiger partial charge in [0, 0.05) is 12.4 Å². The lowest BCUT2D eigenvalue weighted by atomic mass is 10.0. The second-order valence-corrected chi connectivity index (χ2v) is 4.20. The fourth-order valence-corrected chi connectivity index (χ4v) is 1.24. The summed E-state index contributed by atoms with van der Waals surface area (Å²) in [6.45, 7) is 6.37. The third-order valence-corrected chi connectivity index (χ3v) is 2.19. The number of hydrogen-bond acceptors (Lipinski definition) is 3. The van der Waals surface area contributed by atoms with Gasteiger partial charge in [-0.1, -0.05) is 13.8 Å². The maximum Gasteiger partial charge on any atom is 0.144 e. The summed E-state index contributed by atoms with van der Waals surface area (Å²) in [5, 5.41) is 0. The first-order valence-electron chi connectivity index (χ1n) is 5.13. The van der Waals surface area contributed by atoms with Gasteiger partial charge in [0.05, 0.1) is 6.04 Å². The van der Waals surface area contributed by atoms with Crippen LogP contribution in [0.2, 0.25) is 0 Å². The van der Waals surface area contributed by atoms with Crippen molar-refractivity contribution in [3.05, 3.63) is 23.8 Å². The highest BCUT2D eigenvalue weighted by Gasteiger charge is 2.09. The Bertz CT molecular complexity index is 266. The van der Waals surface area contributed by atoms with E-state index >= 15 is 0 Å². The molecule has 0 aliphatic carbocycles. The molecular formula is C11H19N3. The third kappa shape index (κ3) is 3.42. The Morgan fingerprint density at radius 3 is 2.29 bits per heavy atom. The van der Waals surface area contributed by atoms with Gasteiger partial charge in [0.15, 0.2) is 0 Å². The van der Waals surface area contributed by atoms with Crippen LogP contribution in [-0.4, -0.2) is 9.97 Å². The predicted molar refractivity (Wildman–Crippen MR) is 57.8 cm³/mol. The van der Waals surface area contributed by atoms with Crippen LogP contribution >= 0.6 is 0 Å². The first-order chi connectivity index (χ1) is 6.59. The van der Waals surface area contributed by atoms with E-state index in [1.807, 2.05) is 19.3 Å². The molecule has 3 nitrogen and oxygen atoms in total. The molecule has 1 unspecified atom stereocenters. The second-order valence-electron chi connectivity index (χ2n) is 4.20. The summed E-state index contributed by atoms with van der Waals surface area (Å²) in [7, 11) is 0. The standard InChI is InChI=1S/C11H19N3/c1-8(2)4-5-10(12)11-13-6-9(3)7-14-11/h6-8,10H,4-5,12H2,1-3H3. The molecule has 2 N–H and O–H groups in total. The number of nitrogens with zero attached hydrogens (tertiary/aromatic N) is 2. The zero-order valence-corrected chi connectivity index (χ0v) is 9.20. The molecule has 0 saturated carbocycles. The quantitative estimate of drug-likeness (QED) is 0.797. The Hall–Kier alpha value is -0.960. The summed E-state index contributed by atoms with van der Waals surface area (Å²) >= 11 is 0. The molecule has 14 heavy (non-hydrogen) atoms. The Balaban J connectivity index is 2.52. The number of aromatic nitrogens is 2. The largest absolute Gasteiger partial charge is 0.321 e. The molecule has 0 aliphatic rings. The summed E-state index contributed by atoms with van der Waals surface area (Å²) in [6, 6.07) is -0.0157. The molecule has 0 aliphatic heterocycles. The molecule has 78 valence electrons. The lowest BCUT2D eigenvalue weighted by Gasteiger charge is -2.11. The average Bonchev–Trinajstić information content (AvgIpc) is 2.15. The average molecular weight is 193 g/mol. The number of aryl methyl sites for hydroxylation is 1. The molecule has 1 aromatic rings. The van der Waals surface area contributed by atoms with Crippen LogP contribution in [0.4, 0.5) is 0 Å². The highest BCUT2D eigenvalue weighted by molar-refractivity contribution is 5.04. The Morgan fingerprint density at radius 2 is 1.79 bits per heavy atom. The van der Waals surface area contributed by atoms with Crippen LogP contribution in [0.3, 0.4) is 0 Å². The molecule has 0 radical (unpaired) electrons. The maximum atomic E-state index is 5.97. The third-order valence-electron chi connectivity index (χ3n) is 2.19. The number of nitrogens with two attached hydrogens (primary N) is 1. The SMILES string of the molecule is Cc1cnc(C(N)CCC(C)C)nc1. The summed E-state index contributed by atoms with van der Waals surface area (Å²) < 4.78 is 0. The predicted octanol–water partition coefficient (Wildman–Crippen LogP) is 2.22. The minimum atomic E-state index is -0.0157. The zero-order valence-electron chi connectivity index (χ0n) is 9.20. The molecule has 0 amide bonds. The molecule has 1 heterocycles. The fraction of sp³-hybridized carbons (Fsp3) is 0.636. The van der Waals surface area contributed by atoms with Gasteiger partial charge in [-0.05, 0) is 31.2 Å². The Morgan fingerprint density at radius 1 is 1.21 bits per heavy atom. The van der Waals surface area contributed by atoms with E-state index < -0.39 is 0 Å². The maximum absolute atomic E-state index is 5.97. The van der Waals surface area contributed by atoms with Crippen molar-refractivity contribution in [3.8, 4) is 0 Å². The van der Waals surface area contributed by atoms with E-state index in [0.29, 0.717) is 5.92 Å². The van der Waals surface area contributed by atoms with Crippen molar-refractivity contribution < 1.29 is 0 Å². The van der Waals surface area contributed by atoms with Crippen molar-refractivity contribution in [2.24, 2.45) is 11.7 Å². The van der Waals surface area contributed by atoms with Gasteiger partial charge in [-0.15, -0.1) is 0 Å². The summed E-state index contributed by atoms with van der Waals surface area (Å²) in [6.07, 6.45) is 5.72. The first kappa shape index (κ1) is 11.1. The number of hydrogen-bond donors (Lipinski definition) is 1. The van der Waals surface area contributed by atoms with Gasteiger partial charge in [-0.2, -0.15) is 0 Å². The van der Waals surface area contributed by atoms with Gasteiger partial charge < -0.3 is 5.73 Å². The molecule has 3 heteroatoms. The summed E-state index contributed by atoms with van der Waals surface area (Å²) in [5.74, 6) is 1.45. The molecular weight excluding hydrogens is 174 g/mol.